The number of hydrogen-bond acceptors (Lipinski definition) is 8. The Bertz CT molecular complexity index is 393. The highest BCUT2D eigenvalue weighted by molar-refractivity contribution is 5.44. The fraction of sp³-hybridized carbons (Fsp3) is 0.727. The Labute approximate surface area is 112 Å². The summed E-state index contributed by atoms with van der Waals surface area (Å²) in [6.45, 7) is 6.67. The smallest absolute Gasteiger partial charge is 0.232 e. The second-order valence-corrected chi connectivity index (χ2v) is 4.63. The summed E-state index contributed by atoms with van der Waals surface area (Å²) < 4.78 is 5.34. The van der Waals surface area contributed by atoms with E-state index in [1.807, 2.05) is 0 Å². The van der Waals surface area contributed by atoms with Gasteiger partial charge in [0.2, 0.25) is 17.8 Å². The summed E-state index contributed by atoms with van der Waals surface area (Å²) >= 11 is 0. The number of aromatic nitrogens is 3. The molecule has 2 aliphatic heterocycles. The summed E-state index contributed by atoms with van der Waals surface area (Å²) in [5.41, 5.74) is 5.81. The van der Waals surface area contributed by atoms with Crippen LogP contribution in [0.2, 0.25) is 0 Å². The highest BCUT2D eigenvalue weighted by atomic mass is 16.5. The third-order valence-corrected chi connectivity index (χ3v) is 3.32. The van der Waals surface area contributed by atoms with Gasteiger partial charge in [0.15, 0.2) is 0 Å². The molecular weight excluding hydrogens is 246 g/mol. The van der Waals surface area contributed by atoms with Gasteiger partial charge < -0.3 is 25.6 Å². The number of anilines is 3. The molecule has 1 aromatic heterocycles. The Morgan fingerprint density at radius 1 is 0.895 bits per heavy atom. The molecule has 8 nitrogen and oxygen atoms in total. The average Bonchev–Trinajstić information content (AvgIpc) is 2.48. The van der Waals surface area contributed by atoms with Gasteiger partial charge in [0.1, 0.15) is 0 Å². The van der Waals surface area contributed by atoms with Crippen LogP contribution in [0.5, 0.6) is 0 Å². The van der Waals surface area contributed by atoms with Gasteiger partial charge in [-0.2, -0.15) is 15.0 Å². The molecule has 0 spiro atoms. The molecule has 0 aromatic carbocycles. The lowest BCUT2D eigenvalue weighted by atomic mass is 10.4. The zero-order valence-electron chi connectivity index (χ0n) is 10.9. The molecule has 2 fully saturated rings. The standard InChI is InChI=1S/C11H19N7O/c12-9-14-10(17-3-1-13-2-4-17)16-11(15-9)18-5-7-19-8-6-18/h13H,1-8H2,(H2,12,14,15,16). The largest absolute Gasteiger partial charge is 0.378 e. The molecule has 0 bridgehead atoms. The molecular formula is C11H19N7O. The van der Waals surface area contributed by atoms with Crippen molar-refractivity contribution in [2.24, 2.45) is 0 Å². The van der Waals surface area contributed by atoms with Crippen molar-refractivity contribution in [1.82, 2.24) is 20.3 Å². The van der Waals surface area contributed by atoms with E-state index in [-0.39, 0.29) is 5.95 Å². The Morgan fingerprint density at radius 3 is 2.11 bits per heavy atom. The number of nitrogens with two attached hydrogens (primary N) is 1. The Balaban J connectivity index is 1.82. The summed E-state index contributed by atoms with van der Waals surface area (Å²) in [6.07, 6.45) is 0. The Kier molecular flexibility index (Phi) is 3.60. The van der Waals surface area contributed by atoms with Crippen molar-refractivity contribution in [3.8, 4) is 0 Å². The third-order valence-electron chi connectivity index (χ3n) is 3.32. The minimum absolute atomic E-state index is 0.282. The first-order valence-electron chi connectivity index (χ1n) is 6.63. The molecule has 0 radical (unpaired) electrons. The van der Waals surface area contributed by atoms with Crippen molar-refractivity contribution in [3.63, 3.8) is 0 Å². The number of rotatable bonds is 2. The van der Waals surface area contributed by atoms with Gasteiger partial charge in [-0.05, 0) is 0 Å². The summed E-state index contributed by atoms with van der Waals surface area (Å²) in [5.74, 6) is 1.62. The Morgan fingerprint density at radius 2 is 1.47 bits per heavy atom. The van der Waals surface area contributed by atoms with E-state index in [1.54, 1.807) is 0 Å². The van der Waals surface area contributed by atoms with Gasteiger partial charge in [-0.3, -0.25) is 0 Å². The summed E-state index contributed by atoms with van der Waals surface area (Å²) in [5, 5.41) is 3.31. The van der Waals surface area contributed by atoms with E-state index in [0.29, 0.717) is 25.1 Å². The highest BCUT2D eigenvalue weighted by Crippen LogP contribution is 2.16. The first kappa shape index (κ1) is 12.4. The van der Waals surface area contributed by atoms with Crippen LogP contribution in [0.15, 0.2) is 0 Å². The van der Waals surface area contributed by atoms with Crippen molar-refractivity contribution < 1.29 is 4.74 Å². The molecule has 0 saturated carbocycles. The van der Waals surface area contributed by atoms with E-state index < -0.39 is 0 Å². The van der Waals surface area contributed by atoms with Gasteiger partial charge in [-0.25, -0.2) is 0 Å². The highest BCUT2D eigenvalue weighted by Gasteiger charge is 2.19. The predicted molar refractivity (Wildman–Crippen MR) is 72.4 cm³/mol. The van der Waals surface area contributed by atoms with E-state index in [0.717, 1.165) is 39.3 Å². The minimum Gasteiger partial charge on any atom is -0.378 e. The molecule has 8 heteroatoms. The molecule has 19 heavy (non-hydrogen) atoms. The predicted octanol–water partition coefficient (Wildman–Crippen LogP) is -1.30. The molecule has 2 aliphatic rings. The van der Waals surface area contributed by atoms with E-state index in [9.17, 15) is 0 Å². The van der Waals surface area contributed by atoms with Crippen molar-refractivity contribution >= 4 is 17.8 Å². The zero-order valence-corrected chi connectivity index (χ0v) is 10.9. The quantitative estimate of drug-likeness (QED) is 0.681. The van der Waals surface area contributed by atoms with Gasteiger partial charge in [-0.1, -0.05) is 0 Å². The lowest BCUT2D eigenvalue weighted by molar-refractivity contribution is 0.122. The van der Waals surface area contributed by atoms with Crippen LogP contribution in [0.3, 0.4) is 0 Å². The van der Waals surface area contributed by atoms with Crippen LogP contribution in [0.25, 0.3) is 0 Å². The first-order chi connectivity index (χ1) is 9.33. The first-order valence-corrected chi connectivity index (χ1v) is 6.63. The summed E-state index contributed by atoms with van der Waals surface area (Å²) in [6, 6.07) is 0. The molecule has 0 unspecified atom stereocenters. The van der Waals surface area contributed by atoms with E-state index >= 15 is 0 Å². The molecule has 3 N–H and O–H groups in total. The van der Waals surface area contributed by atoms with Crippen LogP contribution in [-0.2, 0) is 4.74 Å². The number of nitrogen functional groups attached to an aromatic ring is 1. The monoisotopic (exact) mass is 265 g/mol. The molecule has 2 saturated heterocycles. The third kappa shape index (κ3) is 2.85. The molecule has 1 aromatic rings. The summed E-state index contributed by atoms with van der Waals surface area (Å²) in [7, 11) is 0. The second-order valence-electron chi connectivity index (χ2n) is 4.63. The van der Waals surface area contributed by atoms with Gasteiger partial charge >= 0.3 is 0 Å². The van der Waals surface area contributed by atoms with Crippen molar-refractivity contribution in [2.75, 3.05) is 68.0 Å². The van der Waals surface area contributed by atoms with Crippen LogP contribution in [0.1, 0.15) is 0 Å². The molecule has 104 valence electrons. The van der Waals surface area contributed by atoms with Crippen LogP contribution >= 0.6 is 0 Å². The van der Waals surface area contributed by atoms with E-state index in [2.05, 4.69) is 30.1 Å². The molecule has 0 amide bonds. The van der Waals surface area contributed by atoms with Gasteiger partial charge in [0.25, 0.3) is 0 Å². The normalized spacial score (nSPS) is 20.6. The van der Waals surface area contributed by atoms with Crippen molar-refractivity contribution in [3.05, 3.63) is 0 Å². The number of morpholine rings is 1. The van der Waals surface area contributed by atoms with E-state index in [4.69, 9.17) is 10.5 Å². The van der Waals surface area contributed by atoms with Gasteiger partial charge in [-0.15, -0.1) is 0 Å². The molecule has 0 atom stereocenters. The van der Waals surface area contributed by atoms with Crippen LogP contribution < -0.4 is 20.9 Å². The number of nitrogens with one attached hydrogen (secondary N) is 1. The molecule has 0 aliphatic carbocycles. The minimum atomic E-state index is 0.282. The SMILES string of the molecule is Nc1nc(N2CCNCC2)nc(N2CCOCC2)n1. The van der Waals surface area contributed by atoms with Crippen molar-refractivity contribution in [2.45, 2.75) is 0 Å². The second kappa shape index (κ2) is 5.54. The zero-order chi connectivity index (χ0) is 13.1. The van der Waals surface area contributed by atoms with Crippen molar-refractivity contribution in [1.29, 1.82) is 0 Å². The molecule has 3 heterocycles. The van der Waals surface area contributed by atoms with E-state index in [1.165, 1.54) is 0 Å². The van der Waals surface area contributed by atoms with Gasteiger partial charge in [0, 0.05) is 39.3 Å². The fourth-order valence-electron chi connectivity index (χ4n) is 2.28. The Hall–Kier alpha value is -1.67. The number of ether oxygens (including phenoxy) is 1. The maximum absolute atomic E-state index is 5.81. The van der Waals surface area contributed by atoms with Gasteiger partial charge in [0.05, 0.1) is 13.2 Å². The lowest BCUT2D eigenvalue weighted by Gasteiger charge is -2.30. The maximum Gasteiger partial charge on any atom is 0.232 e. The van der Waals surface area contributed by atoms with Crippen LogP contribution in [0, 0.1) is 0 Å². The number of hydrogen-bond donors (Lipinski definition) is 2. The molecule has 3 rings (SSSR count). The lowest BCUT2D eigenvalue weighted by Crippen LogP contribution is -2.44. The topological polar surface area (TPSA) is 92.4 Å². The summed E-state index contributed by atoms with van der Waals surface area (Å²) in [4.78, 5) is 17.3. The van der Waals surface area contributed by atoms with Crippen LogP contribution in [-0.4, -0.2) is 67.4 Å². The average molecular weight is 265 g/mol. The maximum atomic E-state index is 5.81. The van der Waals surface area contributed by atoms with Crippen LogP contribution in [0.4, 0.5) is 17.8 Å². The number of piperazine rings is 1. The number of nitrogens with zero attached hydrogens (tertiary/aromatic N) is 5. The fourth-order valence-corrected chi connectivity index (χ4v) is 2.28.